The lowest BCUT2D eigenvalue weighted by Crippen LogP contribution is -2.20. The van der Waals surface area contributed by atoms with Gasteiger partial charge in [0.2, 0.25) is 5.13 Å². The predicted molar refractivity (Wildman–Crippen MR) is 99.1 cm³/mol. The Kier molecular flexibility index (Phi) is 6.33. The van der Waals surface area contributed by atoms with Crippen molar-refractivity contribution >= 4 is 22.6 Å². The van der Waals surface area contributed by atoms with Crippen LogP contribution in [0.25, 0.3) is 11.4 Å². The molecule has 1 aromatic heterocycles. The number of nitrogens with one attached hydrogen (secondary N) is 1. The molecular formula is C18H15F2N3O4S. The standard InChI is InChI=1S/C18H15F2N3O4S/c1-25-12-6-8-13(9-7-12)26-10-15(24)21-18-22-16(23-28-18)11-2-4-14(5-3-11)27-17(19)20/h2-9,17H,10H2,1H3,(H,21,22,23,24). The molecule has 0 aliphatic rings. The number of nitrogens with zero attached hydrogens (tertiary/aromatic N) is 2. The molecule has 0 fully saturated rings. The highest BCUT2D eigenvalue weighted by molar-refractivity contribution is 7.10. The van der Waals surface area contributed by atoms with Gasteiger partial charge >= 0.3 is 6.61 Å². The van der Waals surface area contributed by atoms with E-state index in [4.69, 9.17) is 9.47 Å². The van der Waals surface area contributed by atoms with E-state index in [1.54, 1.807) is 43.5 Å². The summed E-state index contributed by atoms with van der Waals surface area (Å²) in [6.07, 6.45) is 0. The number of hydrogen-bond donors (Lipinski definition) is 1. The molecule has 0 radical (unpaired) electrons. The SMILES string of the molecule is COc1ccc(OCC(=O)Nc2nc(-c3ccc(OC(F)F)cc3)ns2)cc1. The molecule has 3 aromatic rings. The van der Waals surface area contributed by atoms with Gasteiger partial charge < -0.3 is 14.2 Å². The molecule has 3 rings (SSSR count). The number of ether oxygens (including phenoxy) is 3. The zero-order valence-corrected chi connectivity index (χ0v) is 15.4. The van der Waals surface area contributed by atoms with Crippen LogP contribution in [-0.2, 0) is 4.79 Å². The molecule has 146 valence electrons. The van der Waals surface area contributed by atoms with Crippen molar-refractivity contribution in [2.75, 3.05) is 19.0 Å². The second-order valence-corrected chi connectivity index (χ2v) is 6.09. The fourth-order valence-electron chi connectivity index (χ4n) is 2.15. The van der Waals surface area contributed by atoms with Crippen molar-refractivity contribution in [3.8, 4) is 28.6 Å². The van der Waals surface area contributed by atoms with Crippen LogP contribution in [0.1, 0.15) is 0 Å². The lowest BCUT2D eigenvalue weighted by molar-refractivity contribution is -0.118. The van der Waals surface area contributed by atoms with Crippen molar-refractivity contribution in [2.24, 2.45) is 0 Å². The Bertz CT molecular complexity index is 917. The molecule has 0 bridgehead atoms. The largest absolute Gasteiger partial charge is 0.497 e. The van der Waals surface area contributed by atoms with Crippen molar-refractivity contribution < 1.29 is 27.8 Å². The monoisotopic (exact) mass is 407 g/mol. The zero-order valence-electron chi connectivity index (χ0n) is 14.6. The van der Waals surface area contributed by atoms with E-state index in [0.29, 0.717) is 28.0 Å². The Morgan fingerprint density at radius 1 is 1.07 bits per heavy atom. The van der Waals surface area contributed by atoms with Gasteiger partial charge in [0.1, 0.15) is 17.2 Å². The van der Waals surface area contributed by atoms with Crippen molar-refractivity contribution in [1.82, 2.24) is 9.36 Å². The Hall–Kier alpha value is -3.27. The normalized spacial score (nSPS) is 10.6. The molecule has 0 aliphatic carbocycles. The molecule has 0 spiro atoms. The number of amides is 1. The van der Waals surface area contributed by atoms with Crippen molar-refractivity contribution in [2.45, 2.75) is 6.61 Å². The number of halogens is 2. The van der Waals surface area contributed by atoms with Crippen LogP contribution in [0.4, 0.5) is 13.9 Å². The van der Waals surface area contributed by atoms with Gasteiger partial charge in [0.05, 0.1) is 7.11 Å². The first kappa shape index (κ1) is 19.5. The van der Waals surface area contributed by atoms with E-state index < -0.39 is 6.61 Å². The van der Waals surface area contributed by atoms with Crippen molar-refractivity contribution in [3.63, 3.8) is 0 Å². The van der Waals surface area contributed by atoms with Gasteiger partial charge in [0.25, 0.3) is 5.91 Å². The van der Waals surface area contributed by atoms with E-state index in [0.717, 1.165) is 11.5 Å². The van der Waals surface area contributed by atoms with Crippen LogP contribution in [0.5, 0.6) is 17.2 Å². The van der Waals surface area contributed by atoms with Gasteiger partial charge in [-0.25, -0.2) is 0 Å². The maximum Gasteiger partial charge on any atom is 0.387 e. The molecule has 1 amide bonds. The number of carbonyl (C=O) groups is 1. The van der Waals surface area contributed by atoms with Gasteiger partial charge in [-0.2, -0.15) is 18.1 Å². The summed E-state index contributed by atoms with van der Waals surface area (Å²) in [6.45, 7) is -3.08. The van der Waals surface area contributed by atoms with Crippen LogP contribution in [0.2, 0.25) is 0 Å². The molecule has 0 atom stereocenters. The number of alkyl halides is 2. The van der Waals surface area contributed by atoms with Gasteiger partial charge in [0, 0.05) is 17.1 Å². The van der Waals surface area contributed by atoms with Gasteiger partial charge in [0.15, 0.2) is 12.4 Å². The molecule has 0 unspecified atom stereocenters. The lowest BCUT2D eigenvalue weighted by atomic mass is 10.2. The first-order chi connectivity index (χ1) is 13.5. The van der Waals surface area contributed by atoms with Gasteiger partial charge in [-0.3, -0.25) is 10.1 Å². The van der Waals surface area contributed by atoms with E-state index in [-0.39, 0.29) is 18.3 Å². The quantitative estimate of drug-likeness (QED) is 0.611. The molecule has 10 heteroatoms. The first-order valence-corrected chi connectivity index (χ1v) is 8.76. The summed E-state index contributed by atoms with van der Waals surface area (Å²) >= 11 is 0.998. The summed E-state index contributed by atoms with van der Waals surface area (Å²) in [4.78, 5) is 16.2. The van der Waals surface area contributed by atoms with E-state index >= 15 is 0 Å². The van der Waals surface area contributed by atoms with Gasteiger partial charge in [-0.1, -0.05) is 0 Å². The Balaban J connectivity index is 1.54. The summed E-state index contributed by atoms with van der Waals surface area (Å²) in [6, 6.07) is 12.7. The van der Waals surface area contributed by atoms with Crippen LogP contribution in [0.15, 0.2) is 48.5 Å². The second-order valence-electron chi connectivity index (χ2n) is 5.34. The van der Waals surface area contributed by atoms with Crippen molar-refractivity contribution in [3.05, 3.63) is 48.5 Å². The fourth-order valence-corrected chi connectivity index (χ4v) is 2.76. The summed E-state index contributed by atoms with van der Waals surface area (Å²) in [5.74, 6) is 1.23. The van der Waals surface area contributed by atoms with Crippen LogP contribution < -0.4 is 19.5 Å². The summed E-state index contributed by atoms with van der Waals surface area (Å²) in [5.41, 5.74) is 0.604. The number of methoxy groups -OCH3 is 1. The topological polar surface area (TPSA) is 82.6 Å². The highest BCUT2D eigenvalue weighted by Crippen LogP contribution is 2.24. The highest BCUT2D eigenvalue weighted by Gasteiger charge is 2.11. The average molecular weight is 407 g/mol. The van der Waals surface area contributed by atoms with E-state index in [2.05, 4.69) is 19.4 Å². The third kappa shape index (κ3) is 5.36. The lowest BCUT2D eigenvalue weighted by Gasteiger charge is -2.06. The molecule has 0 saturated heterocycles. The number of anilines is 1. The summed E-state index contributed by atoms with van der Waals surface area (Å²) in [5, 5.41) is 2.89. The Labute approximate surface area is 163 Å². The van der Waals surface area contributed by atoms with Crippen LogP contribution in [0, 0.1) is 0 Å². The number of carbonyl (C=O) groups excluding carboxylic acids is 1. The predicted octanol–water partition coefficient (Wildman–Crippen LogP) is 3.83. The smallest absolute Gasteiger partial charge is 0.387 e. The Morgan fingerprint density at radius 2 is 1.71 bits per heavy atom. The number of rotatable bonds is 8. The molecule has 1 heterocycles. The summed E-state index contributed by atoms with van der Waals surface area (Å²) < 4.78 is 43.2. The van der Waals surface area contributed by atoms with Crippen LogP contribution >= 0.6 is 11.5 Å². The molecule has 7 nitrogen and oxygen atoms in total. The minimum atomic E-state index is -2.88. The third-order valence-electron chi connectivity index (χ3n) is 3.44. The van der Waals surface area contributed by atoms with Gasteiger partial charge in [-0.05, 0) is 48.5 Å². The fraction of sp³-hybridized carbons (Fsp3) is 0.167. The zero-order chi connectivity index (χ0) is 19.9. The molecule has 1 N–H and O–H groups in total. The molecule has 2 aromatic carbocycles. The average Bonchev–Trinajstić information content (AvgIpc) is 3.15. The first-order valence-electron chi connectivity index (χ1n) is 7.99. The molecule has 28 heavy (non-hydrogen) atoms. The van der Waals surface area contributed by atoms with E-state index in [1.165, 1.54) is 12.1 Å². The number of aromatic nitrogens is 2. The molecular weight excluding hydrogens is 392 g/mol. The maximum absolute atomic E-state index is 12.2. The minimum absolute atomic E-state index is 0.0400. The molecule has 0 saturated carbocycles. The van der Waals surface area contributed by atoms with E-state index in [9.17, 15) is 13.6 Å². The van der Waals surface area contributed by atoms with Gasteiger partial charge in [-0.15, -0.1) is 0 Å². The minimum Gasteiger partial charge on any atom is -0.497 e. The highest BCUT2D eigenvalue weighted by atomic mass is 32.1. The Morgan fingerprint density at radius 3 is 2.36 bits per heavy atom. The maximum atomic E-state index is 12.2. The molecule has 0 aliphatic heterocycles. The van der Waals surface area contributed by atoms with Crippen LogP contribution in [-0.4, -0.2) is 35.6 Å². The number of hydrogen-bond acceptors (Lipinski definition) is 7. The van der Waals surface area contributed by atoms with Crippen molar-refractivity contribution in [1.29, 1.82) is 0 Å². The second kappa shape index (κ2) is 9.09. The van der Waals surface area contributed by atoms with Crippen LogP contribution in [0.3, 0.4) is 0 Å². The number of benzene rings is 2. The third-order valence-corrected chi connectivity index (χ3v) is 4.07. The van der Waals surface area contributed by atoms with E-state index in [1.807, 2.05) is 0 Å². The summed E-state index contributed by atoms with van der Waals surface area (Å²) in [7, 11) is 1.56.